The van der Waals surface area contributed by atoms with E-state index in [4.69, 9.17) is 18.9 Å². The lowest BCUT2D eigenvalue weighted by Crippen LogP contribution is -2.55. The molecule has 0 radical (unpaired) electrons. The van der Waals surface area contributed by atoms with Crippen LogP contribution in [-0.2, 0) is 22.7 Å². The summed E-state index contributed by atoms with van der Waals surface area (Å²) in [5, 5.41) is 33.6. The summed E-state index contributed by atoms with van der Waals surface area (Å²) >= 11 is 0. The van der Waals surface area contributed by atoms with Crippen LogP contribution in [0.15, 0.2) is 54.1 Å². The van der Waals surface area contributed by atoms with Crippen molar-refractivity contribution in [3.05, 3.63) is 70.8 Å². The molecule has 0 spiro atoms. The quantitative estimate of drug-likeness (QED) is 0.315. The molecular weight excluding hydrogens is 532 g/mol. The molecule has 1 aliphatic carbocycles. The fourth-order valence-corrected chi connectivity index (χ4v) is 5.50. The first-order valence-electron chi connectivity index (χ1n) is 13.5. The molecule has 4 N–H and O–H groups in total. The van der Waals surface area contributed by atoms with Gasteiger partial charge < -0.3 is 44.5 Å². The van der Waals surface area contributed by atoms with Crippen LogP contribution in [0.4, 0.5) is 0 Å². The Morgan fingerprint density at radius 1 is 1.15 bits per heavy atom. The number of fused-ring (bicyclic) bond motifs is 4. The number of benzene rings is 2. The molecule has 2 aromatic carbocycles. The number of methoxy groups -OCH3 is 1. The van der Waals surface area contributed by atoms with E-state index in [1.54, 1.807) is 36.4 Å². The molecule has 2 heterocycles. The molecule has 2 amide bonds. The van der Waals surface area contributed by atoms with Crippen molar-refractivity contribution in [2.24, 2.45) is 0 Å². The molecule has 11 nitrogen and oxygen atoms in total. The summed E-state index contributed by atoms with van der Waals surface area (Å²) in [6, 6.07) is 7.79. The Kier molecular flexibility index (Phi) is 8.48. The average molecular weight is 567 g/mol. The zero-order chi connectivity index (χ0) is 29.1. The second-order valence-corrected chi connectivity index (χ2v) is 9.98. The minimum absolute atomic E-state index is 0.0214. The smallest absolute Gasteiger partial charge is 0.247 e. The van der Waals surface area contributed by atoms with Crippen molar-refractivity contribution in [2.75, 3.05) is 27.1 Å². The van der Waals surface area contributed by atoms with Crippen LogP contribution in [0.5, 0.6) is 23.0 Å². The molecule has 2 aliphatic heterocycles. The van der Waals surface area contributed by atoms with Gasteiger partial charge in [-0.2, -0.15) is 0 Å². The van der Waals surface area contributed by atoms with Gasteiger partial charge in [-0.1, -0.05) is 19.1 Å². The van der Waals surface area contributed by atoms with E-state index < -0.39 is 30.1 Å². The van der Waals surface area contributed by atoms with Crippen molar-refractivity contribution in [3.63, 3.8) is 0 Å². The lowest BCUT2D eigenvalue weighted by Gasteiger charge is -2.40. The first-order chi connectivity index (χ1) is 19.9. The van der Waals surface area contributed by atoms with Gasteiger partial charge in [0.2, 0.25) is 18.6 Å². The van der Waals surface area contributed by atoms with Crippen LogP contribution in [0.25, 0.3) is 0 Å². The number of aliphatic hydroxyl groups excluding tert-OH is 3. The lowest BCUT2D eigenvalue weighted by molar-refractivity contribution is -0.133. The Labute approximate surface area is 237 Å². The van der Waals surface area contributed by atoms with Crippen molar-refractivity contribution in [2.45, 2.75) is 50.7 Å². The Morgan fingerprint density at radius 2 is 1.95 bits per heavy atom. The molecule has 41 heavy (non-hydrogen) atoms. The molecular formula is C30H34N2O9. The van der Waals surface area contributed by atoms with E-state index in [2.05, 4.69) is 5.32 Å². The molecule has 4 atom stereocenters. The highest BCUT2D eigenvalue weighted by atomic mass is 16.7. The molecule has 0 fully saturated rings. The predicted octanol–water partition coefficient (Wildman–Crippen LogP) is 1.53. The van der Waals surface area contributed by atoms with E-state index in [-0.39, 0.29) is 44.6 Å². The zero-order valence-corrected chi connectivity index (χ0v) is 22.9. The maximum absolute atomic E-state index is 13.5. The van der Waals surface area contributed by atoms with E-state index in [1.165, 1.54) is 18.1 Å². The third-order valence-corrected chi connectivity index (χ3v) is 7.42. The van der Waals surface area contributed by atoms with Gasteiger partial charge in [-0.25, -0.2) is 0 Å². The largest absolute Gasteiger partial charge is 0.493 e. The first-order valence-corrected chi connectivity index (χ1v) is 13.5. The van der Waals surface area contributed by atoms with Gasteiger partial charge in [0.25, 0.3) is 0 Å². The molecule has 0 saturated heterocycles. The number of aliphatic hydroxyl groups is 3. The van der Waals surface area contributed by atoms with Gasteiger partial charge >= 0.3 is 0 Å². The van der Waals surface area contributed by atoms with E-state index in [1.807, 2.05) is 13.0 Å². The molecule has 4 unspecified atom stereocenters. The summed E-state index contributed by atoms with van der Waals surface area (Å²) in [4.78, 5) is 28.5. The summed E-state index contributed by atoms with van der Waals surface area (Å²) in [5.41, 5.74) is 2.16. The van der Waals surface area contributed by atoms with Crippen LogP contribution in [0.1, 0.15) is 36.0 Å². The molecule has 5 rings (SSSR count). The Morgan fingerprint density at radius 3 is 2.68 bits per heavy atom. The van der Waals surface area contributed by atoms with Crippen molar-refractivity contribution in [1.82, 2.24) is 10.2 Å². The average Bonchev–Trinajstić information content (AvgIpc) is 3.62. The number of allylic oxidation sites excluding steroid dienone is 1. The number of rotatable bonds is 10. The number of carbonyl (C=O) groups is 2. The molecule has 0 aromatic heterocycles. The molecule has 2 aromatic rings. The monoisotopic (exact) mass is 566 g/mol. The Hall–Kier alpha value is -4.06. The highest BCUT2D eigenvalue weighted by Crippen LogP contribution is 2.51. The van der Waals surface area contributed by atoms with E-state index >= 15 is 0 Å². The number of ether oxygens (including phenoxy) is 4. The molecule has 3 aliphatic rings. The van der Waals surface area contributed by atoms with Gasteiger partial charge in [-0.05, 0) is 54.0 Å². The van der Waals surface area contributed by atoms with E-state index in [0.29, 0.717) is 40.5 Å². The standard InChI is InChI=1S/C30H34N2O9/c1-3-4-5-25(35)32(14-17-6-7-22-23(11-17)40-16-39-22)21-13-20(30(37)31-8-9-33)26-19-10-18(15-34)12-24(38-2)28(19)41-29(26)27(21)36/h4-7,10-13,21,26-27,29,33-34,36H,3,8-9,14-16H2,1-2H3,(H,31,37). The van der Waals surface area contributed by atoms with Gasteiger partial charge in [0.1, 0.15) is 12.2 Å². The number of carbonyl (C=O) groups excluding carboxylic acids is 2. The van der Waals surface area contributed by atoms with Crippen molar-refractivity contribution >= 4 is 11.8 Å². The molecule has 218 valence electrons. The van der Waals surface area contributed by atoms with Crippen molar-refractivity contribution in [3.8, 4) is 23.0 Å². The van der Waals surface area contributed by atoms with Crippen LogP contribution in [0.3, 0.4) is 0 Å². The first kappa shape index (κ1) is 28.5. The molecule has 11 heteroatoms. The third kappa shape index (κ3) is 5.48. The predicted molar refractivity (Wildman–Crippen MR) is 147 cm³/mol. The van der Waals surface area contributed by atoms with Crippen LogP contribution in [0, 0.1) is 0 Å². The van der Waals surface area contributed by atoms with E-state index in [0.717, 1.165) is 5.56 Å². The minimum Gasteiger partial charge on any atom is -0.493 e. The Balaban J connectivity index is 1.58. The fourth-order valence-electron chi connectivity index (χ4n) is 5.50. The summed E-state index contributed by atoms with van der Waals surface area (Å²) in [5.74, 6) is 0.366. The highest BCUT2D eigenvalue weighted by molar-refractivity contribution is 5.96. The topological polar surface area (TPSA) is 147 Å². The van der Waals surface area contributed by atoms with Crippen LogP contribution in [0.2, 0.25) is 0 Å². The summed E-state index contributed by atoms with van der Waals surface area (Å²) in [6.07, 6.45) is 3.26. The maximum atomic E-state index is 13.5. The normalized spacial score (nSPS) is 22.0. The minimum atomic E-state index is -1.22. The van der Waals surface area contributed by atoms with Gasteiger partial charge in [-0.15, -0.1) is 0 Å². The second-order valence-electron chi connectivity index (χ2n) is 9.98. The number of hydrogen-bond acceptors (Lipinski definition) is 9. The van der Waals surface area contributed by atoms with Crippen LogP contribution < -0.4 is 24.3 Å². The van der Waals surface area contributed by atoms with Crippen molar-refractivity contribution in [1.29, 1.82) is 0 Å². The number of hydrogen-bond donors (Lipinski definition) is 4. The fraction of sp³-hybridized carbons (Fsp3) is 0.400. The third-order valence-electron chi connectivity index (χ3n) is 7.42. The molecule has 0 bridgehead atoms. The van der Waals surface area contributed by atoms with Crippen molar-refractivity contribution < 1.29 is 43.9 Å². The molecule has 0 saturated carbocycles. The van der Waals surface area contributed by atoms with Gasteiger partial charge in [0.15, 0.2) is 23.0 Å². The Bertz CT molecular complexity index is 1370. The zero-order valence-electron chi connectivity index (χ0n) is 22.9. The van der Waals surface area contributed by atoms with Gasteiger partial charge in [0.05, 0.1) is 32.3 Å². The maximum Gasteiger partial charge on any atom is 0.247 e. The SMILES string of the molecule is CCC=CC(=O)N(Cc1ccc2c(c1)OCO2)C1C=C(C(=O)NCCO)C2c3cc(CO)cc(OC)c3OC2C1O. The summed E-state index contributed by atoms with van der Waals surface area (Å²) in [6.45, 7) is 1.63. The van der Waals surface area contributed by atoms with Gasteiger partial charge in [-0.3, -0.25) is 9.59 Å². The summed E-state index contributed by atoms with van der Waals surface area (Å²) in [7, 11) is 1.47. The van der Waals surface area contributed by atoms with Crippen LogP contribution in [-0.4, -0.2) is 77.3 Å². The number of amides is 2. The second kappa shape index (κ2) is 12.2. The highest BCUT2D eigenvalue weighted by Gasteiger charge is 2.51. The lowest BCUT2D eigenvalue weighted by atomic mass is 9.77. The van der Waals surface area contributed by atoms with E-state index in [9.17, 15) is 24.9 Å². The summed E-state index contributed by atoms with van der Waals surface area (Å²) < 4.78 is 22.7. The number of nitrogens with zero attached hydrogens (tertiary/aromatic N) is 1. The van der Waals surface area contributed by atoms with Gasteiger partial charge in [0, 0.05) is 24.2 Å². The van der Waals surface area contributed by atoms with Crippen LogP contribution >= 0.6 is 0 Å². The number of nitrogens with one attached hydrogen (secondary N) is 1.